The van der Waals surface area contributed by atoms with Crippen LogP contribution in [0.15, 0.2) is 65.8 Å². The van der Waals surface area contributed by atoms with Gasteiger partial charge in [-0.25, -0.2) is 0 Å². The Labute approximate surface area is 195 Å². The van der Waals surface area contributed by atoms with Crippen molar-refractivity contribution in [3.8, 4) is 5.75 Å². The van der Waals surface area contributed by atoms with E-state index in [2.05, 4.69) is 21.8 Å². The summed E-state index contributed by atoms with van der Waals surface area (Å²) in [5.41, 5.74) is 2.23. The Balaban J connectivity index is 1.80. The van der Waals surface area contributed by atoms with Gasteiger partial charge in [0.2, 0.25) is 0 Å². The predicted molar refractivity (Wildman–Crippen MR) is 131 cm³/mol. The molecule has 0 atom stereocenters. The Bertz CT molecular complexity index is 996. The van der Waals surface area contributed by atoms with Crippen molar-refractivity contribution in [1.29, 1.82) is 0 Å². The van der Waals surface area contributed by atoms with Crippen LogP contribution in [0.2, 0.25) is 0 Å². The molecule has 1 fully saturated rings. The van der Waals surface area contributed by atoms with Crippen LogP contribution in [0, 0.1) is 0 Å². The summed E-state index contributed by atoms with van der Waals surface area (Å²) in [5.74, 6) is -0.0444. The number of carbonyl (C=O) groups is 2. The number of piperazine rings is 1. The van der Waals surface area contributed by atoms with E-state index >= 15 is 0 Å². The van der Waals surface area contributed by atoms with Crippen LogP contribution in [-0.4, -0.2) is 67.6 Å². The minimum absolute atomic E-state index is 0.0851. The third-order valence-electron chi connectivity index (χ3n) is 5.38. The van der Waals surface area contributed by atoms with Crippen LogP contribution in [0.5, 0.6) is 5.75 Å². The van der Waals surface area contributed by atoms with Gasteiger partial charge in [-0.3, -0.25) is 14.6 Å². The second-order valence-corrected chi connectivity index (χ2v) is 8.07. The van der Waals surface area contributed by atoms with E-state index in [-0.39, 0.29) is 11.8 Å². The molecule has 0 spiro atoms. The summed E-state index contributed by atoms with van der Waals surface area (Å²) in [5, 5.41) is 2.79. The topological polar surface area (TPSA) is 74.2 Å². The normalized spacial score (nSPS) is 14.3. The van der Waals surface area contributed by atoms with Gasteiger partial charge >= 0.3 is 0 Å². The fourth-order valence-corrected chi connectivity index (χ4v) is 3.47. The molecular formula is C26H32N4O3. The van der Waals surface area contributed by atoms with Gasteiger partial charge in [0.15, 0.2) is 0 Å². The van der Waals surface area contributed by atoms with Crippen LogP contribution in [0.4, 0.5) is 0 Å². The third kappa shape index (κ3) is 7.02. The molecule has 2 amide bonds. The van der Waals surface area contributed by atoms with Gasteiger partial charge in [0, 0.05) is 37.4 Å². The zero-order valence-electron chi connectivity index (χ0n) is 19.4. The molecule has 1 N–H and O–H groups in total. The van der Waals surface area contributed by atoms with E-state index in [1.807, 2.05) is 49.2 Å². The Hall–Kier alpha value is -3.45. The number of aliphatic imine (C=N–C) groups is 1. The van der Waals surface area contributed by atoms with E-state index in [0.717, 1.165) is 25.1 Å². The number of nitrogens with zero attached hydrogens (tertiary/aromatic N) is 3. The second-order valence-electron chi connectivity index (χ2n) is 8.07. The average Bonchev–Trinajstić information content (AvgIpc) is 2.83. The number of nitrogens with one attached hydrogen (secondary N) is 1. The summed E-state index contributed by atoms with van der Waals surface area (Å²) < 4.78 is 5.97. The van der Waals surface area contributed by atoms with Crippen molar-refractivity contribution in [3.63, 3.8) is 0 Å². The molecule has 1 saturated heterocycles. The number of benzene rings is 2. The van der Waals surface area contributed by atoms with Crippen LogP contribution >= 0.6 is 0 Å². The number of hydrogen-bond acceptors (Lipinski definition) is 5. The lowest BCUT2D eigenvalue weighted by atomic mass is 10.1. The molecular weight excluding hydrogens is 416 g/mol. The highest BCUT2D eigenvalue weighted by Crippen LogP contribution is 2.23. The quantitative estimate of drug-likeness (QED) is 0.597. The monoisotopic (exact) mass is 448 g/mol. The van der Waals surface area contributed by atoms with Crippen LogP contribution in [0.25, 0.3) is 0 Å². The number of ether oxygens (including phenoxy) is 1. The van der Waals surface area contributed by atoms with Gasteiger partial charge < -0.3 is 19.9 Å². The average molecular weight is 449 g/mol. The third-order valence-corrected chi connectivity index (χ3v) is 5.38. The largest absolute Gasteiger partial charge is 0.488 e. The number of carbonyl (C=O) groups excluding carboxylic acids is 2. The van der Waals surface area contributed by atoms with E-state index in [4.69, 9.17) is 4.74 Å². The standard InChI is InChI=1S/C26H32N4O3/c1-4-12-27-18-20(2)28-25(31)23-17-22(26(32)30-15-13-29(3)14-16-30)10-11-24(23)33-19-21-8-6-5-7-9-21/h5-12,17H,2,4,13-16,18-19H2,1,3H3,(H,28,31). The highest BCUT2D eigenvalue weighted by molar-refractivity contribution is 6.02. The first-order valence-electron chi connectivity index (χ1n) is 11.2. The Kier molecular flexibility index (Phi) is 8.78. The number of hydrogen-bond donors (Lipinski definition) is 1. The van der Waals surface area contributed by atoms with Crippen LogP contribution < -0.4 is 10.1 Å². The number of amides is 2. The van der Waals surface area contributed by atoms with Crippen molar-refractivity contribution in [2.45, 2.75) is 20.0 Å². The molecule has 3 rings (SSSR count). The Morgan fingerprint density at radius 1 is 1.12 bits per heavy atom. The minimum Gasteiger partial charge on any atom is -0.488 e. The molecule has 174 valence electrons. The van der Waals surface area contributed by atoms with Crippen molar-refractivity contribution in [2.75, 3.05) is 39.8 Å². The molecule has 1 aliphatic heterocycles. The van der Waals surface area contributed by atoms with Crippen molar-refractivity contribution in [2.24, 2.45) is 4.99 Å². The van der Waals surface area contributed by atoms with Gasteiger partial charge in [-0.2, -0.15) is 0 Å². The molecule has 2 aromatic rings. The van der Waals surface area contributed by atoms with Crippen LogP contribution in [0.1, 0.15) is 39.6 Å². The van der Waals surface area contributed by atoms with E-state index in [9.17, 15) is 9.59 Å². The molecule has 0 bridgehead atoms. The molecule has 7 nitrogen and oxygen atoms in total. The highest BCUT2D eigenvalue weighted by atomic mass is 16.5. The van der Waals surface area contributed by atoms with E-state index in [1.165, 1.54) is 0 Å². The predicted octanol–water partition coefficient (Wildman–Crippen LogP) is 3.38. The molecule has 1 aliphatic rings. The number of likely N-dealkylation sites (N-methyl/N-ethyl adjacent to an activating group) is 1. The molecule has 33 heavy (non-hydrogen) atoms. The van der Waals surface area contributed by atoms with Gasteiger partial charge in [-0.1, -0.05) is 43.8 Å². The van der Waals surface area contributed by atoms with Gasteiger partial charge in [-0.05, 0) is 43.4 Å². The second kappa shape index (κ2) is 12.0. The number of rotatable bonds is 9. The van der Waals surface area contributed by atoms with Gasteiger partial charge in [0.1, 0.15) is 12.4 Å². The van der Waals surface area contributed by atoms with E-state index < -0.39 is 0 Å². The molecule has 0 unspecified atom stereocenters. The van der Waals surface area contributed by atoms with Crippen molar-refractivity contribution >= 4 is 18.0 Å². The first-order chi connectivity index (χ1) is 16.0. The lowest BCUT2D eigenvalue weighted by Gasteiger charge is -2.32. The molecule has 2 aromatic carbocycles. The summed E-state index contributed by atoms with van der Waals surface area (Å²) in [6.07, 6.45) is 2.59. The van der Waals surface area contributed by atoms with E-state index in [1.54, 1.807) is 24.4 Å². The summed E-state index contributed by atoms with van der Waals surface area (Å²) in [6, 6.07) is 14.7. The zero-order chi connectivity index (χ0) is 23.6. The lowest BCUT2D eigenvalue weighted by molar-refractivity contribution is 0.0664. The molecule has 0 radical (unpaired) electrons. The van der Waals surface area contributed by atoms with Gasteiger partial charge in [0.25, 0.3) is 11.8 Å². The fraction of sp³-hybridized carbons (Fsp3) is 0.346. The van der Waals surface area contributed by atoms with Crippen molar-refractivity contribution in [3.05, 3.63) is 77.5 Å². The summed E-state index contributed by atoms with van der Waals surface area (Å²) in [4.78, 5) is 34.4. The SMILES string of the molecule is C=C(CN=CCC)NC(=O)c1cc(C(=O)N2CCN(C)CC2)ccc1OCc1ccccc1. The molecule has 0 aromatic heterocycles. The Morgan fingerprint density at radius 2 is 1.85 bits per heavy atom. The maximum absolute atomic E-state index is 13.1. The van der Waals surface area contributed by atoms with Crippen molar-refractivity contribution in [1.82, 2.24) is 15.1 Å². The first kappa shape index (κ1) is 24.2. The summed E-state index contributed by atoms with van der Waals surface area (Å²) in [6.45, 7) is 9.48. The van der Waals surface area contributed by atoms with Crippen molar-refractivity contribution < 1.29 is 14.3 Å². The van der Waals surface area contributed by atoms with Crippen LogP contribution in [0.3, 0.4) is 0 Å². The molecule has 1 heterocycles. The highest BCUT2D eigenvalue weighted by Gasteiger charge is 2.23. The van der Waals surface area contributed by atoms with Gasteiger partial charge in [-0.15, -0.1) is 0 Å². The van der Waals surface area contributed by atoms with E-state index in [0.29, 0.717) is 48.8 Å². The zero-order valence-corrected chi connectivity index (χ0v) is 19.4. The maximum atomic E-state index is 13.1. The summed E-state index contributed by atoms with van der Waals surface area (Å²) in [7, 11) is 2.04. The Morgan fingerprint density at radius 3 is 2.55 bits per heavy atom. The lowest BCUT2D eigenvalue weighted by Crippen LogP contribution is -2.47. The smallest absolute Gasteiger partial charge is 0.259 e. The maximum Gasteiger partial charge on any atom is 0.259 e. The minimum atomic E-state index is -0.372. The van der Waals surface area contributed by atoms with Gasteiger partial charge in [0.05, 0.1) is 12.1 Å². The van der Waals surface area contributed by atoms with Crippen LogP contribution in [-0.2, 0) is 6.61 Å². The summed E-state index contributed by atoms with van der Waals surface area (Å²) >= 11 is 0. The molecule has 7 heteroatoms. The molecule has 0 aliphatic carbocycles. The fourth-order valence-electron chi connectivity index (χ4n) is 3.47. The molecule has 0 saturated carbocycles. The first-order valence-corrected chi connectivity index (χ1v) is 11.2.